The van der Waals surface area contributed by atoms with Crippen molar-refractivity contribution in [2.45, 2.75) is 48.8 Å². The summed E-state index contributed by atoms with van der Waals surface area (Å²) >= 11 is 0. The zero-order valence-electron chi connectivity index (χ0n) is 13.8. The number of methoxy groups -OCH3 is 1. The van der Waals surface area contributed by atoms with Crippen molar-refractivity contribution in [3.63, 3.8) is 0 Å². The van der Waals surface area contributed by atoms with Crippen LogP contribution >= 0.6 is 0 Å². The molecule has 4 aliphatic rings. The van der Waals surface area contributed by atoms with Crippen LogP contribution in [-0.4, -0.2) is 59.3 Å². The maximum Gasteiger partial charge on any atom is 0.174 e. The molecule has 6 heteroatoms. The molecule has 2 fully saturated rings. The van der Waals surface area contributed by atoms with E-state index in [4.69, 9.17) is 9.47 Å². The van der Waals surface area contributed by atoms with E-state index in [1.54, 1.807) is 6.07 Å². The summed E-state index contributed by atoms with van der Waals surface area (Å²) in [4.78, 5) is 14.8. The zero-order valence-corrected chi connectivity index (χ0v) is 13.8. The van der Waals surface area contributed by atoms with Gasteiger partial charge in [-0.15, -0.1) is 0 Å². The molecule has 2 N–H and O–H groups in total. The molecule has 2 heterocycles. The lowest BCUT2D eigenvalue weighted by molar-refractivity contribution is -0.185. The molecule has 0 radical (unpaired) electrons. The second-order valence-electron chi connectivity index (χ2n) is 7.59. The van der Waals surface area contributed by atoms with Gasteiger partial charge in [0, 0.05) is 29.7 Å². The average molecular weight is 331 g/mol. The number of likely N-dealkylation sites (N-methyl/N-ethyl adjacent to an activating group) is 1. The molecule has 6 nitrogen and oxygen atoms in total. The number of carbonyl (C=O) groups is 1. The molecule has 5 rings (SSSR count). The number of likely N-dealkylation sites (tertiary alicyclic amines) is 1. The summed E-state index contributed by atoms with van der Waals surface area (Å²) in [6, 6.07) is 1.44. The quantitative estimate of drug-likeness (QED) is 0.791. The Morgan fingerprint density at radius 1 is 1.42 bits per heavy atom. The van der Waals surface area contributed by atoms with E-state index in [0.29, 0.717) is 37.2 Å². The minimum Gasteiger partial charge on any atom is -0.508 e. The Hall–Kier alpha value is -1.79. The third-order valence-corrected chi connectivity index (χ3v) is 6.84. The smallest absolute Gasteiger partial charge is 0.174 e. The van der Waals surface area contributed by atoms with Crippen molar-refractivity contribution in [3.8, 4) is 17.2 Å². The molecule has 0 unspecified atom stereocenters. The Morgan fingerprint density at radius 3 is 2.96 bits per heavy atom. The number of hydrogen-bond donors (Lipinski definition) is 2. The maximum absolute atomic E-state index is 12.7. The van der Waals surface area contributed by atoms with Crippen molar-refractivity contribution < 1.29 is 24.5 Å². The lowest BCUT2D eigenvalue weighted by atomic mass is 9.49. The van der Waals surface area contributed by atoms with Crippen molar-refractivity contribution >= 4 is 5.78 Å². The molecule has 1 saturated heterocycles. The molecule has 0 amide bonds. The van der Waals surface area contributed by atoms with Crippen LogP contribution in [0.3, 0.4) is 0 Å². The van der Waals surface area contributed by atoms with Crippen molar-refractivity contribution in [1.29, 1.82) is 0 Å². The predicted octanol–water partition coefficient (Wildman–Crippen LogP) is 0.754. The Morgan fingerprint density at radius 2 is 2.21 bits per heavy atom. The summed E-state index contributed by atoms with van der Waals surface area (Å²) in [6.45, 7) is 0.789. The molecular weight excluding hydrogens is 310 g/mol. The van der Waals surface area contributed by atoms with E-state index in [9.17, 15) is 15.0 Å². The molecule has 1 spiro atoms. The fraction of sp³-hybridized carbons (Fsp3) is 0.611. The first kappa shape index (κ1) is 14.5. The number of carbonyl (C=O) groups excluding carboxylic acids is 1. The first-order valence-corrected chi connectivity index (χ1v) is 8.49. The first-order valence-electron chi connectivity index (χ1n) is 8.49. The van der Waals surface area contributed by atoms with E-state index in [0.717, 1.165) is 17.7 Å². The zero-order chi connectivity index (χ0) is 16.9. The second kappa shape index (κ2) is 4.24. The van der Waals surface area contributed by atoms with Crippen molar-refractivity contribution in [2.24, 2.45) is 0 Å². The van der Waals surface area contributed by atoms with Gasteiger partial charge in [-0.25, -0.2) is 0 Å². The number of nitrogens with zero attached hydrogens (tertiary/aromatic N) is 1. The minimum atomic E-state index is -1.02. The predicted molar refractivity (Wildman–Crippen MR) is 84.7 cm³/mol. The van der Waals surface area contributed by atoms with Crippen LogP contribution in [0, 0.1) is 0 Å². The number of phenolic OH excluding ortho intramolecular Hbond substituents is 1. The van der Waals surface area contributed by atoms with Gasteiger partial charge in [0.2, 0.25) is 0 Å². The summed E-state index contributed by atoms with van der Waals surface area (Å²) in [5, 5.41) is 22.3. The van der Waals surface area contributed by atoms with Gasteiger partial charge >= 0.3 is 0 Å². The number of aliphatic hydroxyl groups is 1. The third-order valence-electron chi connectivity index (χ3n) is 6.84. The summed E-state index contributed by atoms with van der Waals surface area (Å²) < 4.78 is 11.5. The van der Waals surface area contributed by atoms with Crippen LogP contribution in [0.4, 0.5) is 0 Å². The lowest BCUT2D eigenvalue weighted by Gasteiger charge is -2.61. The van der Waals surface area contributed by atoms with E-state index in [1.807, 2.05) is 7.05 Å². The number of hydrogen-bond acceptors (Lipinski definition) is 6. The van der Waals surface area contributed by atoms with Crippen LogP contribution in [0.15, 0.2) is 6.07 Å². The standard InChI is InChI=1S/C18H21NO5/c1-19-6-5-17-14-9-7-13(19)18(17,22)4-3-10(20)16(17)24-15(14)12(23-2)8-11(9)21/h8,13,16,21-22H,3-7H2,1-2H3/t13-,16+,17+,18-/m1/s1. The summed E-state index contributed by atoms with van der Waals surface area (Å²) in [6.07, 6.45) is 1.27. The van der Waals surface area contributed by atoms with Crippen LogP contribution in [0.2, 0.25) is 0 Å². The molecule has 1 aromatic rings. The van der Waals surface area contributed by atoms with Gasteiger partial charge in [0.1, 0.15) is 5.75 Å². The topological polar surface area (TPSA) is 79.2 Å². The van der Waals surface area contributed by atoms with Crippen LogP contribution < -0.4 is 9.47 Å². The number of benzene rings is 1. The van der Waals surface area contributed by atoms with Gasteiger partial charge in [0.25, 0.3) is 0 Å². The Bertz CT molecular complexity index is 777. The molecule has 0 aromatic heterocycles. The van der Waals surface area contributed by atoms with Crippen LogP contribution in [0.25, 0.3) is 0 Å². The monoisotopic (exact) mass is 331 g/mol. The maximum atomic E-state index is 12.7. The van der Waals surface area contributed by atoms with E-state index in [2.05, 4.69) is 4.90 Å². The molecular formula is C18H21NO5. The number of phenols is 1. The molecule has 128 valence electrons. The SMILES string of the molecule is COc1cc(O)c2c3c1O[C@H]1C(=O)CC[C@@]4(O)[C@@H](C2)N(C)CC[C@]314. The highest BCUT2D eigenvalue weighted by molar-refractivity contribution is 5.90. The number of ketones is 1. The van der Waals surface area contributed by atoms with E-state index >= 15 is 0 Å². The van der Waals surface area contributed by atoms with Crippen LogP contribution in [0.5, 0.6) is 17.2 Å². The summed E-state index contributed by atoms with van der Waals surface area (Å²) in [5.74, 6) is 1.16. The third kappa shape index (κ3) is 1.32. The van der Waals surface area contributed by atoms with E-state index < -0.39 is 17.1 Å². The van der Waals surface area contributed by atoms with Gasteiger partial charge in [-0.3, -0.25) is 4.79 Å². The van der Waals surface area contributed by atoms with Gasteiger partial charge in [-0.1, -0.05) is 0 Å². The highest BCUT2D eigenvalue weighted by atomic mass is 16.5. The molecule has 24 heavy (non-hydrogen) atoms. The fourth-order valence-electron chi connectivity index (χ4n) is 5.74. The summed E-state index contributed by atoms with van der Waals surface area (Å²) in [7, 11) is 3.53. The number of piperidine rings is 1. The highest BCUT2D eigenvalue weighted by Gasteiger charge is 2.73. The van der Waals surface area contributed by atoms with Gasteiger partial charge in [0.05, 0.1) is 18.1 Å². The fourth-order valence-corrected chi connectivity index (χ4v) is 5.74. The van der Waals surface area contributed by atoms with Gasteiger partial charge in [-0.05, 0) is 32.9 Å². The van der Waals surface area contributed by atoms with E-state index in [-0.39, 0.29) is 17.6 Å². The van der Waals surface area contributed by atoms with Gasteiger partial charge < -0.3 is 24.6 Å². The van der Waals surface area contributed by atoms with E-state index in [1.165, 1.54) is 7.11 Å². The largest absolute Gasteiger partial charge is 0.508 e. The van der Waals surface area contributed by atoms with Crippen LogP contribution in [-0.2, 0) is 16.6 Å². The van der Waals surface area contributed by atoms with Crippen LogP contribution in [0.1, 0.15) is 30.4 Å². The Labute approximate surface area is 140 Å². The van der Waals surface area contributed by atoms with Crippen molar-refractivity contribution in [2.75, 3.05) is 20.7 Å². The molecule has 2 aliphatic carbocycles. The molecule has 2 bridgehead atoms. The Kier molecular flexibility index (Phi) is 2.57. The highest BCUT2D eigenvalue weighted by Crippen LogP contribution is 2.65. The minimum absolute atomic E-state index is 0.0357. The molecule has 1 saturated carbocycles. The molecule has 4 atom stereocenters. The first-order chi connectivity index (χ1) is 11.4. The number of Topliss-reactive ketones (excluding diaryl/α,β-unsaturated/α-hetero) is 1. The number of ether oxygens (including phenoxy) is 2. The number of aromatic hydroxyl groups is 1. The normalized spacial score (nSPS) is 39.4. The van der Waals surface area contributed by atoms with Gasteiger partial charge in [-0.2, -0.15) is 0 Å². The lowest BCUT2D eigenvalue weighted by Crippen LogP contribution is -2.76. The average Bonchev–Trinajstić information content (AvgIpc) is 2.90. The Balaban J connectivity index is 1.88. The van der Waals surface area contributed by atoms with Crippen molar-refractivity contribution in [1.82, 2.24) is 4.90 Å². The summed E-state index contributed by atoms with van der Waals surface area (Å²) in [5.41, 5.74) is -0.183. The number of rotatable bonds is 1. The molecule has 2 aliphatic heterocycles. The molecule has 1 aromatic carbocycles. The van der Waals surface area contributed by atoms with Gasteiger partial charge in [0.15, 0.2) is 23.4 Å². The van der Waals surface area contributed by atoms with Crippen molar-refractivity contribution in [3.05, 3.63) is 17.2 Å². The second-order valence-corrected chi connectivity index (χ2v) is 7.59.